The van der Waals surface area contributed by atoms with E-state index in [1.807, 2.05) is 0 Å². The normalized spacial score (nSPS) is 10.5. The minimum atomic E-state index is -0.471. The molecule has 2 N–H and O–H groups in total. The Kier molecular flexibility index (Phi) is 8.47. The van der Waals surface area contributed by atoms with E-state index >= 15 is 0 Å². The summed E-state index contributed by atoms with van der Waals surface area (Å²) in [6.45, 7) is 3.82. The first kappa shape index (κ1) is 18.4. The van der Waals surface area contributed by atoms with Crippen molar-refractivity contribution in [2.24, 2.45) is 0 Å². The van der Waals surface area contributed by atoms with Crippen LogP contribution in [0.25, 0.3) is 0 Å². The molecule has 122 valence electrons. The summed E-state index contributed by atoms with van der Waals surface area (Å²) >= 11 is 5.77. The van der Waals surface area contributed by atoms with Gasteiger partial charge in [0.15, 0.2) is 0 Å². The Morgan fingerprint density at radius 2 is 2.14 bits per heavy atom. The third-order valence-electron chi connectivity index (χ3n) is 3.18. The number of rotatable bonds is 10. The van der Waals surface area contributed by atoms with Gasteiger partial charge in [-0.1, -0.05) is 17.7 Å². The second-order valence-electron chi connectivity index (χ2n) is 4.94. The van der Waals surface area contributed by atoms with Crippen LogP contribution in [0, 0.1) is 10.1 Å². The molecule has 0 radical (unpaired) electrons. The minimum absolute atomic E-state index is 0.0537. The molecule has 1 rings (SSSR count). The van der Waals surface area contributed by atoms with Gasteiger partial charge >= 0.3 is 5.97 Å². The van der Waals surface area contributed by atoms with Crippen molar-refractivity contribution in [1.82, 2.24) is 0 Å². The molecule has 0 aromatic heterocycles. The number of nitro groups is 1. The molecule has 0 aliphatic carbocycles. The van der Waals surface area contributed by atoms with Crippen LogP contribution < -0.4 is 5.32 Å². The van der Waals surface area contributed by atoms with Crippen LogP contribution in [0.2, 0.25) is 5.02 Å². The predicted molar refractivity (Wildman–Crippen MR) is 83.7 cm³/mol. The van der Waals surface area contributed by atoms with Crippen LogP contribution in [-0.4, -0.2) is 24.0 Å². The molecule has 0 aliphatic heterocycles. The van der Waals surface area contributed by atoms with Gasteiger partial charge in [-0.2, -0.15) is 0 Å². The Morgan fingerprint density at radius 1 is 1.36 bits per heavy atom. The number of esters is 1. The van der Waals surface area contributed by atoms with Crippen LogP contribution in [0.4, 0.5) is 5.69 Å². The van der Waals surface area contributed by atoms with Crippen molar-refractivity contribution >= 4 is 23.3 Å². The molecule has 22 heavy (non-hydrogen) atoms. The number of nitrogens with two attached hydrogens (primary N) is 1. The Morgan fingerprint density at radius 3 is 2.82 bits per heavy atom. The summed E-state index contributed by atoms with van der Waals surface area (Å²) in [6.07, 6.45) is 3.27. The molecule has 6 nitrogen and oxygen atoms in total. The molecule has 0 aliphatic rings. The summed E-state index contributed by atoms with van der Waals surface area (Å²) in [5.41, 5.74) is 0.824. The minimum Gasteiger partial charge on any atom is -0.466 e. The molecule has 0 amide bonds. The lowest BCUT2D eigenvalue weighted by Crippen LogP contribution is -2.82. The molecule has 0 heterocycles. The van der Waals surface area contributed by atoms with Crippen LogP contribution in [-0.2, 0) is 16.1 Å². The van der Waals surface area contributed by atoms with E-state index in [1.165, 1.54) is 6.07 Å². The maximum absolute atomic E-state index is 11.1. The third kappa shape index (κ3) is 6.87. The molecule has 0 fully saturated rings. The number of nitro benzene ring substituents is 1. The number of ether oxygens (including phenoxy) is 1. The van der Waals surface area contributed by atoms with Gasteiger partial charge in [-0.15, -0.1) is 0 Å². The molecule has 0 atom stereocenters. The quantitative estimate of drug-likeness (QED) is 0.309. The Bertz CT molecular complexity index is 508. The molecular formula is C15H22ClN2O4+. The summed E-state index contributed by atoms with van der Waals surface area (Å²) in [4.78, 5) is 21.5. The Labute approximate surface area is 134 Å². The molecule has 0 saturated carbocycles. The highest BCUT2D eigenvalue weighted by Gasteiger charge is 2.13. The zero-order valence-electron chi connectivity index (χ0n) is 12.7. The number of quaternary nitrogens is 1. The number of benzene rings is 1. The smallest absolute Gasteiger partial charge is 0.305 e. The lowest BCUT2D eigenvalue weighted by Gasteiger charge is -2.04. The fourth-order valence-electron chi connectivity index (χ4n) is 2.06. The zero-order valence-corrected chi connectivity index (χ0v) is 13.5. The van der Waals surface area contributed by atoms with Crippen molar-refractivity contribution in [2.45, 2.75) is 39.2 Å². The average Bonchev–Trinajstić information content (AvgIpc) is 2.47. The third-order valence-corrected chi connectivity index (χ3v) is 3.50. The molecule has 0 unspecified atom stereocenters. The van der Waals surface area contributed by atoms with Crippen molar-refractivity contribution in [1.29, 1.82) is 0 Å². The van der Waals surface area contributed by atoms with E-state index in [2.05, 4.69) is 5.32 Å². The number of carbonyl (C=O) groups excluding carboxylic acids is 1. The highest BCUT2D eigenvalue weighted by atomic mass is 35.5. The maximum atomic E-state index is 11.1. The van der Waals surface area contributed by atoms with Crippen molar-refractivity contribution in [3.05, 3.63) is 38.9 Å². The number of halogens is 1. The van der Waals surface area contributed by atoms with E-state index in [0.717, 1.165) is 31.4 Å². The number of hydrogen-bond donors (Lipinski definition) is 1. The lowest BCUT2D eigenvalue weighted by atomic mass is 10.2. The largest absolute Gasteiger partial charge is 0.466 e. The zero-order chi connectivity index (χ0) is 16.4. The molecular weight excluding hydrogens is 308 g/mol. The van der Waals surface area contributed by atoms with E-state index < -0.39 is 4.92 Å². The standard InChI is InChI=1S/C15H21ClN2O4/c1-2-22-15(19)6-4-3-5-9-17-11-12-7-8-13(16)14(10-12)18(20)21/h7-8,10,17H,2-6,9,11H2,1H3/p+1. The van der Waals surface area contributed by atoms with Crippen molar-refractivity contribution in [3.8, 4) is 0 Å². The summed E-state index contributed by atoms with van der Waals surface area (Å²) < 4.78 is 4.86. The topological polar surface area (TPSA) is 86.0 Å². The SMILES string of the molecule is CCOC(=O)CCCCC[NH2+]Cc1ccc(Cl)c([N+](=O)[O-])c1. The second-order valence-corrected chi connectivity index (χ2v) is 5.35. The summed E-state index contributed by atoms with van der Waals surface area (Å²) in [5, 5.41) is 13.1. The average molecular weight is 330 g/mol. The van der Waals surface area contributed by atoms with E-state index in [0.29, 0.717) is 19.6 Å². The Balaban J connectivity index is 2.19. The first-order chi connectivity index (χ1) is 10.5. The number of nitrogens with zero attached hydrogens (tertiary/aromatic N) is 1. The molecule has 1 aromatic rings. The second kappa shape index (κ2) is 10.1. The van der Waals surface area contributed by atoms with Crippen LogP contribution in [0.15, 0.2) is 18.2 Å². The monoisotopic (exact) mass is 329 g/mol. The molecule has 0 spiro atoms. The van der Waals surface area contributed by atoms with Gasteiger partial charge in [0.1, 0.15) is 11.6 Å². The van der Waals surface area contributed by atoms with Crippen LogP contribution >= 0.6 is 11.6 Å². The van der Waals surface area contributed by atoms with Gasteiger partial charge in [0.05, 0.1) is 18.1 Å². The van der Waals surface area contributed by atoms with Crippen molar-refractivity contribution < 1.29 is 19.8 Å². The van der Waals surface area contributed by atoms with Gasteiger partial charge in [0.25, 0.3) is 5.69 Å². The molecule has 1 aromatic carbocycles. The summed E-state index contributed by atoms with van der Waals surface area (Å²) in [7, 11) is 0. The predicted octanol–water partition coefficient (Wildman–Crippen LogP) is 2.44. The molecule has 0 bridgehead atoms. The number of unbranched alkanes of at least 4 members (excludes halogenated alkanes) is 2. The summed E-state index contributed by atoms with van der Waals surface area (Å²) in [6, 6.07) is 4.87. The van der Waals surface area contributed by atoms with E-state index in [1.54, 1.807) is 19.1 Å². The van der Waals surface area contributed by atoms with Gasteiger partial charge in [-0.05, 0) is 32.3 Å². The highest BCUT2D eigenvalue weighted by Crippen LogP contribution is 2.24. The van der Waals surface area contributed by atoms with Crippen LogP contribution in [0.1, 0.15) is 38.2 Å². The van der Waals surface area contributed by atoms with Crippen molar-refractivity contribution in [2.75, 3.05) is 13.2 Å². The van der Waals surface area contributed by atoms with Gasteiger partial charge in [-0.25, -0.2) is 0 Å². The first-order valence-corrected chi connectivity index (χ1v) is 7.82. The van der Waals surface area contributed by atoms with Gasteiger partial charge in [0, 0.05) is 18.1 Å². The summed E-state index contributed by atoms with van der Waals surface area (Å²) in [5.74, 6) is -0.139. The fourth-order valence-corrected chi connectivity index (χ4v) is 2.25. The molecule has 0 saturated heterocycles. The Hall–Kier alpha value is -1.66. The van der Waals surface area contributed by atoms with Gasteiger partial charge in [-0.3, -0.25) is 14.9 Å². The van der Waals surface area contributed by atoms with E-state index in [9.17, 15) is 14.9 Å². The van der Waals surface area contributed by atoms with E-state index in [-0.39, 0.29) is 16.7 Å². The van der Waals surface area contributed by atoms with E-state index in [4.69, 9.17) is 16.3 Å². The lowest BCUT2D eigenvalue weighted by molar-refractivity contribution is -0.671. The van der Waals surface area contributed by atoms with Gasteiger partial charge in [0.2, 0.25) is 0 Å². The fraction of sp³-hybridized carbons (Fsp3) is 0.533. The van der Waals surface area contributed by atoms with Gasteiger partial charge < -0.3 is 10.1 Å². The number of carbonyl (C=O) groups is 1. The van der Waals surface area contributed by atoms with Crippen molar-refractivity contribution in [3.63, 3.8) is 0 Å². The highest BCUT2D eigenvalue weighted by molar-refractivity contribution is 6.32. The van der Waals surface area contributed by atoms with Crippen LogP contribution in [0.3, 0.4) is 0 Å². The van der Waals surface area contributed by atoms with Crippen LogP contribution in [0.5, 0.6) is 0 Å². The number of hydrogen-bond acceptors (Lipinski definition) is 4. The molecule has 7 heteroatoms. The first-order valence-electron chi connectivity index (χ1n) is 7.44. The maximum Gasteiger partial charge on any atom is 0.305 e.